The Labute approximate surface area is 65.6 Å². The average Bonchev–Trinajstić information content (AvgIpc) is 0. The van der Waals surface area contributed by atoms with Gasteiger partial charge < -0.3 is 21.9 Å². The SMILES string of the molecule is [Cd+2].[Ni+2].[OH-].[OH-].[OH-].[OH-]. The van der Waals surface area contributed by atoms with E-state index in [2.05, 4.69) is 0 Å². The smallest absolute Gasteiger partial charge is 0.870 e. The van der Waals surface area contributed by atoms with Crippen LogP contribution in [0.25, 0.3) is 0 Å². The largest absolute Gasteiger partial charge is 2.00 e. The molecule has 0 radical (unpaired) electrons. The van der Waals surface area contributed by atoms with Gasteiger partial charge in [-0.3, -0.25) is 0 Å². The van der Waals surface area contributed by atoms with Gasteiger partial charge in [0.15, 0.2) is 0 Å². The van der Waals surface area contributed by atoms with Gasteiger partial charge in [-0.1, -0.05) is 0 Å². The van der Waals surface area contributed by atoms with Gasteiger partial charge in [0.1, 0.15) is 0 Å². The van der Waals surface area contributed by atoms with Crippen LogP contribution in [0.3, 0.4) is 0 Å². The van der Waals surface area contributed by atoms with Gasteiger partial charge >= 0.3 is 43.8 Å². The van der Waals surface area contributed by atoms with Crippen LogP contribution in [0.15, 0.2) is 0 Å². The predicted octanol–water partition coefficient (Wildman–Crippen LogP) is -0.712. The molecule has 0 aliphatic heterocycles. The summed E-state index contributed by atoms with van der Waals surface area (Å²) < 4.78 is 0. The van der Waals surface area contributed by atoms with E-state index in [0.29, 0.717) is 0 Å². The Hall–Kier alpha value is 1.26. The summed E-state index contributed by atoms with van der Waals surface area (Å²) in [6.45, 7) is 0. The van der Waals surface area contributed by atoms with E-state index in [4.69, 9.17) is 0 Å². The number of rotatable bonds is 0. The Bertz CT molecular complexity index is 7.51. The van der Waals surface area contributed by atoms with Crippen molar-refractivity contribution >= 4 is 0 Å². The molecule has 0 atom stereocenters. The van der Waals surface area contributed by atoms with Gasteiger partial charge in [-0.2, -0.15) is 0 Å². The van der Waals surface area contributed by atoms with E-state index < -0.39 is 0 Å². The quantitative estimate of drug-likeness (QED) is 0.518. The summed E-state index contributed by atoms with van der Waals surface area (Å²) in [4.78, 5) is 0. The van der Waals surface area contributed by atoms with Crippen molar-refractivity contribution in [2.45, 2.75) is 0 Å². The maximum Gasteiger partial charge on any atom is 2.00 e. The molecule has 4 N–H and O–H groups in total. The minimum Gasteiger partial charge on any atom is -0.870 e. The molecule has 0 aliphatic rings. The van der Waals surface area contributed by atoms with Crippen LogP contribution in [0, 0.1) is 0 Å². The van der Waals surface area contributed by atoms with Crippen molar-refractivity contribution in [3.8, 4) is 0 Å². The zero-order valence-electron chi connectivity index (χ0n) is 2.81. The maximum atomic E-state index is 0. The van der Waals surface area contributed by atoms with Crippen LogP contribution >= 0.6 is 0 Å². The van der Waals surface area contributed by atoms with Crippen molar-refractivity contribution < 1.29 is 65.7 Å². The first-order chi connectivity index (χ1) is 0. The van der Waals surface area contributed by atoms with E-state index in [1.54, 1.807) is 0 Å². The molecule has 40 valence electrons. The minimum absolute atomic E-state index is 0. The first kappa shape index (κ1) is 180. The third kappa shape index (κ3) is 60.4. The molecular weight excluding hydrogens is 235 g/mol. The van der Waals surface area contributed by atoms with Gasteiger partial charge in [0.25, 0.3) is 0 Å². The van der Waals surface area contributed by atoms with E-state index in [9.17, 15) is 0 Å². The van der Waals surface area contributed by atoms with Gasteiger partial charge in [-0.15, -0.1) is 0 Å². The molecule has 0 unspecified atom stereocenters. The van der Waals surface area contributed by atoms with Crippen LogP contribution in [-0.2, 0) is 43.8 Å². The molecule has 0 aliphatic carbocycles. The average molecular weight is 239 g/mol. The van der Waals surface area contributed by atoms with Crippen LogP contribution in [-0.4, -0.2) is 21.9 Å². The zero-order chi connectivity index (χ0) is 0. The summed E-state index contributed by atoms with van der Waals surface area (Å²) in [6.07, 6.45) is 0. The molecule has 0 aromatic rings. The first-order valence-corrected chi connectivity index (χ1v) is 0. The third-order valence-electron chi connectivity index (χ3n) is 0. The van der Waals surface area contributed by atoms with E-state index >= 15 is 0 Å². The topological polar surface area (TPSA) is 120 Å². The fourth-order valence-corrected chi connectivity index (χ4v) is 0. The molecule has 6 heavy (non-hydrogen) atoms. The fourth-order valence-electron chi connectivity index (χ4n) is 0. The second-order valence-electron chi connectivity index (χ2n) is 0. The summed E-state index contributed by atoms with van der Waals surface area (Å²) in [7, 11) is 0. The summed E-state index contributed by atoms with van der Waals surface area (Å²) in [5.74, 6) is 0. The van der Waals surface area contributed by atoms with E-state index in [1.807, 2.05) is 0 Å². The molecule has 0 spiro atoms. The Morgan fingerprint density at radius 2 is 0.500 bits per heavy atom. The monoisotopic (exact) mass is 240 g/mol. The van der Waals surface area contributed by atoms with E-state index in [0.717, 1.165) is 0 Å². The molecule has 6 heteroatoms. The standard InChI is InChI=1S/Cd.Ni.4H2O/h;;4*1H2/q2*+2;;;;/p-4. The molecule has 0 saturated heterocycles. The molecular formula is H4CdNiO4. The van der Waals surface area contributed by atoms with Crippen LogP contribution in [0.4, 0.5) is 0 Å². The Kier molecular flexibility index (Phi) is 3290. The zero-order valence-corrected chi connectivity index (χ0v) is 7.84. The predicted molar refractivity (Wildman–Crippen MR) is 7.74 cm³/mol. The Morgan fingerprint density at radius 3 is 0.500 bits per heavy atom. The van der Waals surface area contributed by atoms with Crippen molar-refractivity contribution in [3.05, 3.63) is 0 Å². The van der Waals surface area contributed by atoms with Crippen molar-refractivity contribution in [3.63, 3.8) is 0 Å². The summed E-state index contributed by atoms with van der Waals surface area (Å²) >= 11 is 0. The van der Waals surface area contributed by atoms with Crippen LogP contribution in [0.5, 0.6) is 0 Å². The van der Waals surface area contributed by atoms with E-state index in [-0.39, 0.29) is 65.7 Å². The molecule has 0 bridgehead atoms. The molecule has 0 fully saturated rings. The minimum atomic E-state index is 0. The summed E-state index contributed by atoms with van der Waals surface area (Å²) in [5.41, 5.74) is 0. The van der Waals surface area contributed by atoms with E-state index in [1.165, 1.54) is 0 Å². The van der Waals surface area contributed by atoms with Gasteiger partial charge in [0.05, 0.1) is 0 Å². The molecule has 0 aromatic heterocycles. The van der Waals surface area contributed by atoms with Gasteiger partial charge in [0, 0.05) is 0 Å². The molecule has 0 amide bonds. The molecule has 4 nitrogen and oxygen atoms in total. The summed E-state index contributed by atoms with van der Waals surface area (Å²) in [5, 5.41) is 0. The van der Waals surface area contributed by atoms with Crippen molar-refractivity contribution in [1.82, 2.24) is 0 Å². The van der Waals surface area contributed by atoms with Gasteiger partial charge in [-0.05, 0) is 0 Å². The first-order valence-electron chi connectivity index (χ1n) is 0. The second kappa shape index (κ2) is 110. The molecule has 0 saturated carbocycles. The van der Waals surface area contributed by atoms with Gasteiger partial charge in [0.2, 0.25) is 0 Å². The normalized spacial score (nSPS) is 0. The van der Waals surface area contributed by atoms with Crippen molar-refractivity contribution in [1.29, 1.82) is 0 Å². The summed E-state index contributed by atoms with van der Waals surface area (Å²) in [6, 6.07) is 0. The molecule has 0 rings (SSSR count). The molecule has 0 aromatic carbocycles. The second-order valence-corrected chi connectivity index (χ2v) is 0. The Balaban J connectivity index is 0. The Morgan fingerprint density at radius 1 is 0.500 bits per heavy atom. The van der Waals surface area contributed by atoms with Crippen LogP contribution < -0.4 is 0 Å². The number of hydrogen-bond acceptors (Lipinski definition) is 4. The fraction of sp³-hybridized carbons (Fsp3) is 0. The van der Waals surface area contributed by atoms with Crippen molar-refractivity contribution in [2.24, 2.45) is 0 Å². The maximum absolute atomic E-state index is 0. The van der Waals surface area contributed by atoms with Crippen LogP contribution in [0.2, 0.25) is 0 Å². The van der Waals surface area contributed by atoms with Gasteiger partial charge in [-0.25, -0.2) is 0 Å². The number of hydrogen-bond donors (Lipinski definition) is 0. The third-order valence-corrected chi connectivity index (χ3v) is 0. The molecule has 0 heterocycles. The van der Waals surface area contributed by atoms with Crippen molar-refractivity contribution in [2.75, 3.05) is 0 Å². The van der Waals surface area contributed by atoms with Crippen LogP contribution in [0.1, 0.15) is 0 Å².